The molecular formula is C5H8FN. The van der Waals surface area contributed by atoms with Gasteiger partial charge in [0.05, 0.1) is 0 Å². The van der Waals surface area contributed by atoms with Crippen LogP contribution in [-0.2, 0) is 0 Å². The van der Waals surface area contributed by atoms with Crippen molar-refractivity contribution in [3.63, 3.8) is 0 Å². The minimum absolute atomic E-state index is 0.241. The number of hydrogen-bond donors (Lipinski definition) is 1. The van der Waals surface area contributed by atoms with Gasteiger partial charge in [-0.1, -0.05) is 0 Å². The lowest BCUT2D eigenvalue weighted by molar-refractivity contribution is 0.141. The summed E-state index contributed by atoms with van der Waals surface area (Å²) in [5.41, 5.74) is 0. The molecule has 0 spiro atoms. The van der Waals surface area contributed by atoms with Gasteiger partial charge in [-0.3, -0.25) is 0 Å². The summed E-state index contributed by atoms with van der Waals surface area (Å²) < 4.78 is 12.3. The highest BCUT2D eigenvalue weighted by Gasteiger charge is 2.46. The second-order valence-corrected chi connectivity index (χ2v) is 2.45. The van der Waals surface area contributed by atoms with Crippen LogP contribution in [0.3, 0.4) is 0 Å². The fraction of sp³-hybridized carbons (Fsp3) is 1.00. The summed E-state index contributed by atoms with van der Waals surface area (Å²) in [5.74, 6) is 0.380. The molecule has 1 N–H and O–H groups in total. The van der Waals surface area contributed by atoms with Crippen molar-refractivity contribution in [1.82, 2.24) is 5.32 Å². The van der Waals surface area contributed by atoms with Crippen molar-refractivity contribution >= 4 is 0 Å². The van der Waals surface area contributed by atoms with Gasteiger partial charge in [0.2, 0.25) is 0 Å². The van der Waals surface area contributed by atoms with E-state index in [1.54, 1.807) is 0 Å². The maximum atomic E-state index is 12.3. The van der Waals surface area contributed by atoms with E-state index < -0.39 is 6.17 Å². The molecule has 3 aliphatic rings. The molecule has 0 aromatic rings. The Balaban J connectivity index is 2.14. The molecule has 40 valence electrons. The second kappa shape index (κ2) is 0.996. The Morgan fingerprint density at radius 2 is 2.43 bits per heavy atom. The van der Waals surface area contributed by atoms with Crippen LogP contribution in [0, 0.1) is 5.92 Å². The molecule has 2 heterocycles. The van der Waals surface area contributed by atoms with E-state index in [2.05, 4.69) is 5.32 Å². The van der Waals surface area contributed by atoms with Crippen LogP contribution in [0.15, 0.2) is 0 Å². The first kappa shape index (κ1) is 3.84. The van der Waals surface area contributed by atoms with Gasteiger partial charge in [-0.25, -0.2) is 4.39 Å². The van der Waals surface area contributed by atoms with E-state index in [0.29, 0.717) is 5.92 Å². The Bertz CT molecular complexity index is 80.1. The molecular weight excluding hydrogens is 93.1 g/mol. The molecule has 2 heteroatoms. The summed E-state index contributed by atoms with van der Waals surface area (Å²) in [6, 6.07) is 0.241. The Kier molecular flexibility index (Phi) is 0.546. The minimum Gasteiger partial charge on any atom is -0.311 e. The third-order valence-corrected chi connectivity index (χ3v) is 2.03. The Labute approximate surface area is 41.9 Å². The van der Waals surface area contributed by atoms with Crippen molar-refractivity contribution in [3.05, 3.63) is 0 Å². The monoisotopic (exact) mass is 101 g/mol. The molecule has 2 bridgehead atoms. The summed E-state index contributed by atoms with van der Waals surface area (Å²) in [6.07, 6.45) is 0.584. The molecule has 0 aromatic heterocycles. The smallest absolute Gasteiger partial charge is 0.119 e. The van der Waals surface area contributed by atoms with Crippen LogP contribution in [0.5, 0.6) is 0 Å². The molecule has 7 heavy (non-hydrogen) atoms. The van der Waals surface area contributed by atoms with E-state index in [-0.39, 0.29) is 6.04 Å². The molecule has 1 saturated carbocycles. The highest BCUT2D eigenvalue weighted by atomic mass is 19.1. The Morgan fingerprint density at radius 1 is 1.57 bits per heavy atom. The average molecular weight is 101 g/mol. The first-order valence-electron chi connectivity index (χ1n) is 2.75. The Hall–Kier alpha value is -0.110. The van der Waals surface area contributed by atoms with Gasteiger partial charge in [0.15, 0.2) is 0 Å². The zero-order valence-corrected chi connectivity index (χ0v) is 4.02. The minimum atomic E-state index is -0.500. The summed E-state index contributed by atoms with van der Waals surface area (Å²) in [7, 11) is 0. The highest BCUT2D eigenvalue weighted by Crippen LogP contribution is 2.35. The van der Waals surface area contributed by atoms with Gasteiger partial charge in [0.1, 0.15) is 6.17 Å². The highest BCUT2D eigenvalue weighted by molar-refractivity contribution is 5.02. The fourth-order valence-corrected chi connectivity index (χ4v) is 1.41. The van der Waals surface area contributed by atoms with Crippen LogP contribution < -0.4 is 5.32 Å². The number of alkyl halides is 1. The summed E-state index contributed by atoms with van der Waals surface area (Å²) >= 11 is 0. The second-order valence-electron chi connectivity index (χ2n) is 2.45. The molecule has 3 fully saturated rings. The average Bonchev–Trinajstić information content (AvgIpc) is 2.18. The van der Waals surface area contributed by atoms with Crippen molar-refractivity contribution in [2.75, 3.05) is 6.54 Å². The number of hydrogen-bond acceptors (Lipinski definition) is 1. The molecule has 0 radical (unpaired) electrons. The lowest BCUT2D eigenvalue weighted by Gasteiger charge is -2.26. The van der Waals surface area contributed by atoms with Crippen LogP contribution >= 0.6 is 0 Å². The van der Waals surface area contributed by atoms with E-state index in [0.717, 1.165) is 13.0 Å². The van der Waals surface area contributed by atoms with Gasteiger partial charge >= 0.3 is 0 Å². The predicted molar refractivity (Wildman–Crippen MR) is 24.8 cm³/mol. The summed E-state index contributed by atoms with van der Waals surface area (Å²) in [5, 5.41) is 3.07. The van der Waals surface area contributed by atoms with E-state index in [4.69, 9.17) is 0 Å². The van der Waals surface area contributed by atoms with Gasteiger partial charge in [0, 0.05) is 18.5 Å². The quantitative estimate of drug-likeness (QED) is 0.463. The molecule has 2 aliphatic heterocycles. The molecule has 1 nitrogen and oxygen atoms in total. The normalized spacial score (nSPS) is 57.0. The summed E-state index contributed by atoms with van der Waals surface area (Å²) in [4.78, 5) is 0. The SMILES string of the molecule is F[C@H]1[C@H]2CN[C@H]1C2. The van der Waals surface area contributed by atoms with Crippen molar-refractivity contribution in [3.8, 4) is 0 Å². The third-order valence-electron chi connectivity index (χ3n) is 2.03. The number of rotatable bonds is 0. The first-order valence-corrected chi connectivity index (χ1v) is 2.75. The molecule has 1 aliphatic carbocycles. The van der Waals surface area contributed by atoms with Crippen LogP contribution in [0.2, 0.25) is 0 Å². The lowest BCUT2D eigenvalue weighted by Crippen LogP contribution is -2.38. The van der Waals surface area contributed by atoms with Gasteiger partial charge < -0.3 is 5.32 Å². The lowest BCUT2D eigenvalue weighted by atomic mass is 9.84. The molecule has 0 unspecified atom stereocenters. The van der Waals surface area contributed by atoms with Crippen molar-refractivity contribution < 1.29 is 4.39 Å². The molecule has 3 atom stereocenters. The molecule has 0 aromatic carbocycles. The zero-order valence-electron chi connectivity index (χ0n) is 4.02. The molecule has 2 saturated heterocycles. The fourth-order valence-electron chi connectivity index (χ4n) is 1.41. The van der Waals surface area contributed by atoms with Crippen molar-refractivity contribution in [2.45, 2.75) is 18.6 Å². The molecule has 3 rings (SSSR count). The van der Waals surface area contributed by atoms with Crippen molar-refractivity contribution in [2.24, 2.45) is 5.92 Å². The first-order chi connectivity index (χ1) is 3.38. The summed E-state index contributed by atoms with van der Waals surface area (Å²) in [6.45, 7) is 0.922. The number of halogens is 1. The van der Waals surface area contributed by atoms with E-state index in [1.165, 1.54) is 0 Å². The topological polar surface area (TPSA) is 12.0 Å². The van der Waals surface area contributed by atoms with Crippen molar-refractivity contribution in [1.29, 1.82) is 0 Å². The van der Waals surface area contributed by atoms with Gasteiger partial charge in [-0.05, 0) is 6.42 Å². The van der Waals surface area contributed by atoms with Gasteiger partial charge in [-0.2, -0.15) is 0 Å². The van der Waals surface area contributed by atoms with Gasteiger partial charge in [0.25, 0.3) is 0 Å². The standard InChI is InChI=1S/C5H8FN/c6-5-3-1-4(5)7-2-3/h3-5,7H,1-2H2/t3-,4+,5+/m1/s1. The predicted octanol–water partition coefficient (Wildman–Crippen LogP) is 0.316. The third kappa shape index (κ3) is 0.312. The number of fused-ring (bicyclic) bond motifs is 1. The maximum absolute atomic E-state index is 12.3. The van der Waals surface area contributed by atoms with E-state index in [9.17, 15) is 4.39 Å². The van der Waals surface area contributed by atoms with Crippen LogP contribution in [-0.4, -0.2) is 18.8 Å². The van der Waals surface area contributed by atoms with Crippen LogP contribution in [0.1, 0.15) is 6.42 Å². The number of nitrogens with one attached hydrogen (secondary N) is 1. The van der Waals surface area contributed by atoms with E-state index in [1.807, 2.05) is 0 Å². The largest absolute Gasteiger partial charge is 0.311 e. The van der Waals surface area contributed by atoms with Gasteiger partial charge in [-0.15, -0.1) is 0 Å². The maximum Gasteiger partial charge on any atom is 0.119 e. The molecule has 0 amide bonds. The Morgan fingerprint density at radius 3 is 2.57 bits per heavy atom. The van der Waals surface area contributed by atoms with Crippen LogP contribution in [0.25, 0.3) is 0 Å². The van der Waals surface area contributed by atoms with E-state index >= 15 is 0 Å². The zero-order chi connectivity index (χ0) is 4.85. The van der Waals surface area contributed by atoms with Crippen LogP contribution in [0.4, 0.5) is 4.39 Å².